The molecule has 0 aliphatic carbocycles. The van der Waals surface area contributed by atoms with Crippen molar-refractivity contribution in [3.8, 4) is 0 Å². The molecule has 1 aromatic carbocycles. The molecule has 0 aliphatic heterocycles. The van der Waals surface area contributed by atoms with Crippen molar-refractivity contribution in [1.82, 2.24) is 4.90 Å². The van der Waals surface area contributed by atoms with Gasteiger partial charge in [-0.1, -0.05) is 11.6 Å². The quantitative estimate of drug-likeness (QED) is 0.775. The van der Waals surface area contributed by atoms with Crippen LogP contribution in [0.3, 0.4) is 0 Å². The first-order chi connectivity index (χ1) is 9.35. The number of hydrogen-bond donors (Lipinski definition) is 1. The summed E-state index contributed by atoms with van der Waals surface area (Å²) in [6, 6.07) is 6.11. The Morgan fingerprint density at radius 1 is 1.35 bits per heavy atom. The van der Waals surface area contributed by atoms with Gasteiger partial charge in [0.25, 0.3) is 0 Å². The number of benzene rings is 1. The molecule has 7 heteroatoms. The number of aliphatic hydroxyl groups is 1. The third kappa shape index (κ3) is 5.76. The molecular weight excluding hydrogens is 302 g/mol. The van der Waals surface area contributed by atoms with Crippen LogP contribution in [-0.2, 0) is 14.6 Å². The zero-order valence-corrected chi connectivity index (χ0v) is 13.2. The van der Waals surface area contributed by atoms with E-state index in [1.54, 1.807) is 24.1 Å². The first kappa shape index (κ1) is 17.4. The van der Waals surface area contributed by atoms with Gasteiger partial charge in [-0.15, -0.1) is 0 Å². The molecular formula is C13H20ClNO4S. The Morgan fingerprint density at radius 3 is 2.50 bits per heavy atom. The van der Waals surface area contributed by atoms with Crippen LogP contribution in [-0.4, -0.2) is 64.1 Å². The van der Waals surface area contributed by atoms with Gasteiger partial charge < -0.3 is 14.7 Å². The van der Waals surface area contributed by atoms with Gasteiger partial charge in [-0.25, -0.2) is 8.42 Å². The highest BCUT2D eigenvalue weighted by Gasteiger charge is 2.16. The lowest BCUT2D eigenvalue weighted by Crippen LogP contribution is -2.34. The van der Waals surface area contributed by atoms with E-state index in [4.69, 9.17) is 16.3 Å². The summed E-state index contributed by atoms with van der Waals surface area (Å²) in [5.41, 5.74) is 0. The minimum absolute atomic E-state index is 0.00909. The van der Waals surface area contributed by atoms with E-state index in [0.717, 1.165) is 0 Å². The molecule has 0 bridgehead atoms. The van der Waals surface area contributed by atoms with E-state index in [0.29, 0.717) is 18.1 Å². The molecule has 0 saturated carbocycles. The highest BCUT2D eigenvalue weighted by atomic mass is 35.5. The molecule has 1 aromatic rings. The van der Waals surface area contributed by atoms with Crippen LogP contribution in [0.15, 0.2) is 29.2 Å². The number of aliphatic hydroxyl groups excluding tert-OH is 1. The van der Waals surface area contributed by atoms with Gasteiger partial charge in [0.05, 0.1) is 23.4 Å². The zero-order valence-electron chi connectivity index (χ0n) is 11.6. The van der Waals surface area contributed by atoms with E-state index >= 15 is 0 Å². The van der Waals surface area contributed by atoms with Gasteiger partial charge >= 0.3 is 0 Å². The third-order valence-electron chi connectivity index (χ3n) is 2.80. The van der Waals surface area contributed by atoms with E-state index in [-0.39, 0.29) is 17.3 Å². The van der Waals surface area contributed by atoms with E-state index in [2.05, 4.69) is 0 Å². The highest BCUT2D eigenvalue weighted by Crippen LogP contribution is 2.15. The van der Waals surface area contributed by atoms with E-state index in [1.165, 1.54) is 19.2 Å². The maximum atomic E-state index is 12.1. The molecule has 0 fully saturated rings. The van der Waals surface area contributed by atoms with Crippen molar-refractivity contribution in [3.63, 3.8) is 0 Å². The van der Waals surface area contributed by atoms with Crippen molar-refractivity contribution in [2.45, 2.75) is 11.0 Å². The average molecular weight is 322 g/mol. The molecule has 1 atom stereocenters. The van der Waals surface area contributed by atoms with Crippen molar-refractivity contribution in [3.05, 3.63) is 29.3 Å². The predicted octanol–water partition coefficient (Wildman–Crippen LogP) is 1.05. The van der Waals surface area contributed by atoms with Gasteiger partial charge in [-0.2, -0.15) is 0 Å². The number of nitrogens with zero attached hydrogens (tertiary/aromatic N) is 1. The zero-order chi connectivity index (χ0) is 15.2. The molecule has 1 unspecified atom stereocenters. The topological polar surface area (TPSA) is 66.8 Å². The van der Waals surface area contributed by atoms with Gasteiger partial charge in [0.1, 0.15) is 0 Å². The van der Waals surface area contributed by atoms with Crippen LogP contribution in [0.5, 0.6) is 0 Å². The van der Waals surface area contributed by atoms with Gasteiger partial charge in [0.2, 0.25) is 0 Å². The minimum atomic E-state index is -3.33. The fourth-order valence-corrected chi connectivity index (χ4v) is 3.20. The molecule has 0 aliphatic rings. The molecule has 1 rings (SSSR count). The Kier molecular flexibility index (Phi) is 6.91. The van der Waals surface area contributed by atoms with Crippen LogP contribution in [0, 0.1) is 0 Å². The lowest BCUT2D eigenvalue weighted by atomic mass is 10.3. The molecule has 0 spiro atoms. The molecule has 0 radical (unpaired) electrons. The van der Waals surface area contributed by atoms with Crippen molar-refractivity contribution in [1.29, 1.82) is 0 Å². The normalized spacial score (nSPS) is 13.7. The fourth-order valence-electron chi connectivity index (χ4n) is 1.73. The molecule has 0 aromatic heterocycles. The molecule has 20 heavy (non-hydrogen) atoms. The summed E-state index contributed by atoms with van der Waals surface area (Å²) in [6.45, 7) is 0.935. The maximum absolute atomic E-state index is 12.1. The second-order valence-electron chi connectivity index (χ2n) is 4.64. The lowest BCUT2D eigenvalue weighted by Gasteiger charge is -2.19. The van der Waals surface area contributed by atoms with E-state index in [1.807, 2.05) is 0 Å². The number of rotatable bonds is 8. The average Bonchev–Trinajstić information content (AvgIpc) is 2.37. The van der Waals surface area contributed by atoms with Gasteiger partial charge in [-0.3, -0.25) is 0 Å². The molecule has 5 nitrogen and oxygen atoms in total. The number of methoxy groups -OCH3 is 1. The number of halogens is 1. The molecule has 1 N–H and O–H groups in total. The smallest absolute Gasteiger partial charge is 0.179 e. The Labute approximate surface area is 125 Å². The van der Waals surface area contributed by atoms with Crippen molar-refractivity contribution in [2.24, 2.45) is 0 Å². The monoisotopic (exact) mass is 321 g/mol. The van der Waals surface area contributed by atoms with Gasteiger partial charge in [-0.05, 0) is 31.3 Å². The SMILES string of the molecule is COCC(O)CN(C)CCS(=O)(=O)c1ccc(Cl)cc1. The predicted molar refractivity (Wildman–Crippen MR) is 78.9 cm³/mol. The second-order valence-corrected chi connectivity index (χ2v) is 7.19. The summed E-state index contributed by atoms with van der Waals surface area (Å²) in [4.78, 5) is 2.02. The van der Waals surface area contributed by atoms with Crippen LogP contribution in [0.2, 0.25) is 5.02 Å². The molecule has 0 saturated heterocycles. The Hall–Kier alpha value is -0.660. The Morgan fingerprint density at radius 2 is 1.95 bits per heavy atom. The summed E-state index contributed by atoms with van der Waals surface area (Å²) in [6.07, 6.45) is -0.622. The summed E-state index contributed by atoms with van der Waals surface area (Å²) >= 11 is 5.73. The lowest BCUT2D eigenvalue weighted by molar-refractivity contribution is 0.0444. The maximum Gasteiger partial charge on any atom is 0.179 e. The van der Waals surface area contributed by atoms with Gasteiger partial charge in [0.15, 0.2) is 9.84 Å². The first-order valence-corrected chi connectivity index (χ1v) is 8.22. The first-order valence-electron chi connectivity index (χ1n) is 6.19. The molecule has 114 valence electrons. The van der Waals surface area contributed by atoms with Crippen LogP contribution >= 0.6 is 11.6 Å². The number of ether oxygens (including phenoxy) is 1. The van der Waals surface area contributed by atoms with Crippen LogP contribution in [0.4, 0.5) is 0 Å². The molecule has 0 amide bonds. The summed E-state index contributed by atoms with van der Waals surface area (Å²) in [5, 5.41) is 10.1. The highest BCUT2D eigenvalue weighted by molar-refractivity contribution is 7.91. The van der Waals surface area contributed by atoms with Crippen molar-refractivity contribution >= 4 is 21.4 Å². The van der Waals surface area contributed by atoms with E-state index < -0.39 is 15.9 Å². The minimum Gasteiger partial charge on any atom is -0.389 e. The van der Waals surface area contributed by atoms with E-state index in [9.17, 15) is 13.5 Å². The number of hydrogen-bond acceptors (Lipinski definition) is 5. The van der Waals surface area contributed by atoms with Crippen molar-refractivity contribution in [2.75, 3.05) is 39.6 Å². The summed E-state index contributed by atoms with van der Waals surface area (Å²) in [5.74, 6) is -0.00909. The Bertz CT molecular complexity index is 504. The standard InChI is InChI=1S/C13H20ClNO4S/c1-15(9-12(16)10-19-2)7-8-20(17,18)13-5-3-11(14)4-6-13/h3-6,12,16H,7-10H2,1-2H3. The van der Waals surface area contributed by atoms with Gasteiger partial charge in [0, 0.05) is 25.2 Å². The van der Waals surface area contributed by atoms with Crippen molar-refractivity contribution < 1.29 is 18.3 Å². The largest absolute Gasteiger partial charge is 0.389 e. The van der Waals surface area contributed by atoms with Crippen LogP contribution < -0.4 is 0 Å². The van der Waals surface area contributed by atoms with Crippen LogP contribution in [0.25, 0.3) is 0 Å². The fraction of sp³-hybridized carbons (Fsp3) is 0.538. The summed E-state index contributed by atoms with van der Waals surface area (Å²) < 4.78 is 29.0. The number of sulfone groups is 1. The second kappa shape index (κ2) is 7.95. The van der Waals surface area contributed by atoms with Crippen LogP contribution in [0.1, 0.15) is 0 Å². The third-order valence-corrected chi connectivity index (χ3v) is 4.76. The molecule has 0 heterocycles. The Balaban J connectivity index is 2.53. The summed E-state index contributed by atoms with van der Waals surface area (Å²) in [7, 11) is -0.0650. The number of likely N-dealkylation sites (N-methyl/N-ethyl adjacent to an activating group) is 1.